The highest BCUT2D eigenvalue weighted by Crippen LogP contribution is 2.21. The van der Waals surface area contributed by atoms with Crippen molar-refractivity contribution >= 4 is 22.0 Å². The van der Waals surface area contributed by atoms with Crippen molar-refractivity contribution in [2.24, 2.45) is 11.8 Å². The molecule has 0 aliphatic carbocycles. The smallest absolute Gasteiger partial charge is 0.337 e. The second-order valence-corrected chi connectivity index (χ2v) is 9.81. The summed E-state index contributed by atoms with van der Waals surface area (Å²) in [6.45, 7) is 7.93. The molecule has 1 aromatic carbocycles. The van der Waals surface area contributed by atoms with Gasteiger partial charge in [0.05, 0.1) is 30.2 Å². The molecule has 1 heterocycles. The number of esters is 2. The molecule has 1 N–H and O–H groups in total. The van der Waals surface area contributed by atoms with Crippen LogP contribution in [0.25, 0.3) is 0 Å². The first kappa shape index (κ1) is 24.3. The molecule has 0 radical (unpaired) electrons. The zero-order chi connectivity index (χ0) is 22.3. The van der Waals surface area contributed by atoms with Crippen LogP contribution in [-0.4, -0.2) is 65.7 Å². The number of likely N-dealkylation sites (tertiary alicyclic amines) is 1. The molecule has 0 saturated carbocycles. The van der Waals surface area contributed by atoms with E-state index < -0.39 is 22.0 Å². The number of carbonyl (C=O) groups is 2. The summed E-state index contributed by atoms with van der Waals surface area (Å²) in [5, 5.41) is 0. The molecule has 168 valence electrons. The molecule has 1 saturated heterocycles. The van der Waals surface area contributed by atoms with Crippen LogP contribution < -0.4 is 4.72 Å². The predicted octanol–water partition coefficient (Wildman–Crippen LogP) is 2.30. The van der Waals surface area contributed by atoms with Crippen molar-refractivity contribution in [3.63, 3.8) is 0 Å². The molecule has 1 aliphatic heterocycles. The molecular formula is C21H32N2O6S. The zero-order valence-electron chi connectivity index (χ0n) is 18.1. The van der Waals surface area contributed by atoms with Crippen LogP contribution in [0.15, 0.2) is 23.1 Å². The molecule has 2 atom stereocenters. The van der Waals surface area contributed by atoms with E-state index >= 15 is 0 Å². The number of ether oxygens (including phenoxy) is 2. The predicted molar refractivity (Wildman–Crippen MR) is 113 cm³/mol. The van der Waals surface area contributed by atoms with Gasteiger partial charge in [-0.3, -0.25) is 0 Å². The Kier molecular flexibility index (Phi) is 8.81. The van der Waals surface area contributed by atoms with E-state index in [9.17, 15) is 18.0 Å². The molecule has 9 heteroatoms. The SMILES string of the molecule is COC(=O)c1cc(C(=O)OC)cc(S(=O)(=O)NCCCCN2CC(C)CC(C)C2)c1. The summed E-state index contributed by atoms with van der Waals surface area (Å²) in [5.74, 6) is -0.0823. The first-order valence-electron chi connectivity index (χ1n) is 10.2. The maximum atomic E-state index is 12.7. The van der Waals surface area contributed by atoms with Gasteiger partial charge in [-0.2, -0.15) is 0 Å². The first-order chi connectivity index (χ1) is 14.2. The summed E-state index contributed by atoms with van der Waals surface area (Å²) in [6.07, 6.45) is 2.84. The third kappa shape index (κ3) is 6.78. The van der Waals surface area contributed by atoms with Crippen LogP contribution in [0, 0.1) is 11.8 Å². The van der Waals surface area contributed by atoms with E-state index in [0.29, 0.717) is 18.3 Å². The third-order valence-electron chi connectivity index (χ3n) is 5.20. The minimum Gasteiger partial charge on any atom is -0.465 e. The largest absolute Gasteiger partial charge is 0.465 e. The van der Waals surface area contributed by atoms with Crippen LogP contribution >= 0.6 is 0 Å². The van der Waals surface area contributed by atoms with E-state index in [4.69, 9.17) is 0 Å². The van der Waals surface area contributed by atoms with Gasteiger partial charge in [-0.1, -0.05) is 13.8 Å². The quantitative estimate of drug-likeness (QED) is 0.464. The minimum absolute atomic E-state index is 0.0332. The molecule has 0 spiro atoms. The van der Waals surface area contributed by atoms with Crippen LogP contribution in [-0.2, 0) is 19.5 Å². The fraction of sp³-hybridized carbons (Fsp3) is 0.619. The lowest BCUT2D eigenvalue weighted by molar-refractivity contribution is 0.0598. The Balaban J connectivity index is 1.97. The number of unbranched alkanes of at least 4 members (excludes halogenated alkanes) is 1. The maximum absolute atomic E-state index is 12.7. The summed E-state index contributed by atoms with van der Waals surface area (Å²) in [5.41, 5.74) is -0.0665. The Hall–Kier alpha value is -1.97. The third-order valence-corrected chi connectivity index (χ3v) is 6.64. The van der Waals surface area contributed by atoms with Crippen molar-refractivity contribution in [2.45, 2.75) is 38.0 Å². The molecule has 0 aromatic heterocycles. The number of nitrogens with zero attached hydrogens (tertiary/aromatic N) is 1. The maximum Gasteiger partial charge on any atom is 0.337 e. The minimum atomic E-state index is -3.89. The van der Waals surface area contributed by atoms with Gasteiger partial charge in [0.2, 0.25) is 10.0 Å². The molecule has 2 rings (SSSR count). The molecule has 1 aromatic rings. The lowest BCUT2D eigenvalue weighted by atomic mass is 9.92. The Labute approximate surface area is 179 Å². The number of nitrogens with one attached hydrogen (secondary N) is 1. The van der Waals surface area contributed by atoms with Crippen LogP contribution in [0.5, 0.6) is 0 Å². The summed E-state index contributed by atoms with van der Waals surface area (Å²) >= 11 is 0. The van der Waals surface area contributed by atoms with Crippen molar-refractivity contribution in [1.82, 2.24) is 9.62 Å². The molecular weight excluding hydrogens is 408 g/mol. The summed E-state index contributed by atoms with van der Waals surface area (Å²) < 4.78 is 37.2. The molecule has 1 fully saturated rings. The van der Waals surface area contributed by atoms with E-state index in [2.05, 4.69) is 32.9 Å². The second kappa shape index (κ2) is 10.9. The fourth-order valence-corrected chi connectivity index (χ4v) is 5.09. The van der Waals surface area contributed by atoms with Crippen molar-refractivity contribution in [3.8, 4) is 0 Å². The Morgan fingerprint density at radius 2 is 1.53 bits per heavy atom. The van der Waals surface area contributed by atoms with E-state index in [1.807, 2.05) is 0 Å². The first-order valence-corrected chi connectivity index (χ1v) is 11.7. The average molecular weight is 441 g/mol. The van der Waals surface area contributed by atoms with Gasteiger partial charge in [-0.25, -0.2) is 22.7 Å². The van der Waals surface area contributed by atoms with Gasteiger partial charge in [-0.15, -0.1) is 0 Å². The summed E-state index contributed by atoms with van der Waals surface area (Å²) in [7, 11) is -1.52. The second-order valence-electron chi connectivity index (χ2n) is 8.04. The van der Waals surface area contributed by atoms with Crippen LogP contribution in [0.2, 0.25) is 0 Å². The van der Waals surface area contributed by atoms with Gasteiger partial charge >= 0.3 is 11.9 Å². The highest BCUT2D eigenvalue weighted by molar-refractivity contribution is 7.89. The topological polar surface area (TPSA) is 102 Å². The molecule has 2 unspecified atom stereocenters. The van der Waals surface area contributed by atoms with Gasteiger partial charge in [0, 0.05) is 19.6 Å². The number of benzene rings is 1. The van der Waals surface area contributed by atoms with Crippen molar-refractivity contribution in [2.75, 3.05) is 40.4 Å². The Morgan fingerprint density at radius 1 is 1.00 bits per heavy atom. The lowest BCUT2D eigenvalue weighted by Gasteiger charge is -2.34. The van der Waals surface area contributed by atoms with E-state index in [0.717, 1.165) is 26.1 Å². The fourth-order valence-electron chi connectivity index (χ4n) is 3.95. The van der Waals surface area contributed by atoms with E-state index in [1.54, 1.807) is 0 Å². The van der Waals surface area contributed by atoms with Crippen molar-refractivity contribution in [1.29, 1.82) is 0 Å². The van der Waals surface area contributed by atoms with Crippen molar-refractivity contribution in [3.05, 3.63) is 29.3 Å². The number of methoxy groups -OCH3 is 2. The molecule has 30 heavy (non-hydrogen) atoms. The standard InChI is InChI=1S/C21H32N2O6S/c1-15-9-16(2)14-23(13-15)8-6-5-7-22-30(26,27)19-11-17(20(24)28-3)10-18(12-19)21(25)29-4/h10-12,15-16,22H,5-9,13-14H2,1-4H3. The highest BCUT2D eigenvalue weighted by atomic mass is 32.2. The molecule has 0 amide bonds. The van der Waals surface area contributed by atoms with Gasteiger partial charge in [0.1, 0.15) is 0 Å². The number of carbonyl (C=O) groups excluding carboxylic acids is 2. The summed E-state index contributed by atoms with van der Waals surface area (Å²) in [4.78, 5) is 26.0. The number of rotatable bonds is 9. The number of hydrogen-bond acceptors (Lipinski definition) is 7. The van der Waals surface area contributed by atoms with E-state index in [-0.39, 0.29) is 22.6 Å². The normalized spacial score (nSPS) is 20.0. The zero-order valence-corrected chi connectivity index (χ0v) is 19.0. The lowest BCUT2D eigenvalue weighted by Crippen LogP contribution is -2.39. The number of sulfonamides is 1. The Bertz CT molecular complexity index is 811. The van der Waals surface area contributed by atoms with Crippen LogP contribution in [0.3, 0.4) is 0 Å². The molecule has 0 bridgehead atoms. The van der Waals surface area contributed by atoms with Gasteiger partial charge < -0.3 is 14.4 Å². The molecule has 8 nitrogen and oxygen atoms in total. The number of piperidine rings is 1. The van der Waals surface area contributed by atoms with Gasteiger partial charge in [-0.05, 0) is 55.8 Å². The summed E-state index contributed by atoms with van der Waals surface area (Å²) in [6, 6.07) is 3.63. The highest BCUT2D eigenvalue weighted by Gasteiger charge is 2.22. The molecule has 1 aliphatic rings. The van der Waals surface area contributed by atoms with Gasteiger partial charge in [0.15, 0.2) is 0 Å². The van der Waals surface area contributed by atoms with E-state index in [1.165, 1.54) is 38.8 Å². The number of hydrogen-bond donors (Lipinski definition) is 1. The van der Waals surface area contributed by atoms with Gasteiger partial charge in [0.25, 0.3) is 0 Å². The van der Waals surface area contributed by atoms with Crippen LogP contribution in [0.1, 0.15) is 53.8 Å². The van der Waals surface area contributed by atoms with Crippen molar-refractivity contribution < 1.29 is 27.5 Å². The Morgan fingerprint density at radius 3 is 2.03 bits per heavy atom. The average Bonchev–Trinajstić information content (AvgIpc) is 2.71. The monoisotopic (exact) mass is 440 g/mol. The van der Waals surface area contributed by atoms with Crippen LogP contribution in [0.4, 0.5) is 0 Å².